The molecule has 0 radical (unpaired) electrons. The first kappa shape index (κ1) is 14.0. The fourth-order valence-corrected chi connectivity index (χ4v) is 6.00. The zero-order chi connectivity index (χ0) is 13.6. The zero-order valence-electron chi connectivity index (χ0n) is 13.6. The van der Waals surface area contributed by atoms with Crippen molar-refractivity contribution in [1.82, 2.24) is 0 Å². The summed E-state index contributed by atoms with van der Waals surface area (Å²) < 4.78 is 0. The molecule has 0 nitrogen and oxygen atoms in total. The van der Waals surface area contributed by atoms with E-state index in [9.17, 15) is 0 Å². The molecule has 5 unspecified atom stereocenters. The van der Waals surface area contributed by atoms with E-state index in [0.717, 1.165) is 35.5 Å². The highest BCUT2D eigenvalue weighted by Gasteiger charge is 2.50. The summed E-state index contributed by atoms with van der Waals surface area (Å²) in [6.07, 6.45) is 12.3. The summed E-state index contributed by atoms with van der Waals surface area (Å²) in [6.45, 7) is 9.72. The third-order valence-corrected chi connectivity index (χ3v) is 7.81. The highest BCUT2D eigenvalue weighted by molar-refractivity contribution is 4.99. The van der Waals surface area contributed by atoms with Gasteiger partial charge in [-0.25, -0.2) is 0 Å². The quantitative estimate of drug-likeness (QED) is 0.551. The largest absolute Gasteiger partial charge is 0.0651 e. The third-order valence-electron chi connectivity index (χ3n) is 7.81. The van der Waals surface area contributed by atoms with Crippen LogP contribution < -0.4 is 0 Å². The molecule has 0 aliphatic heterocycles. The van der Waals surface area contributed by atoms with Crippen LogP contribution in [0.3, 0.4) is 0 Å². The molecule has 6 atom stereocenters. The standard InChI is InChI=1S/C10H18.C9H16/c1-7-8-4-5-9(6-8)10(7,2)3;1-2-8-5-7-3-4-9(8)6-7/h7-9H,4-6H2,1-3H3;7-9H,2-6H2,1H3/t7-,8?,9?;/m1./s1. The molecule has 0 saturated heterocycles. The van der Waals surface area contributed by atoms with E-state index in [-0.39, 0.29) is 0 Å². The molecule has 0 aromatic rings. The van der Waals surface area contributed by atoms with E-state index < -0.39 is 0 Å². The van der Waals surface area contributed by atoms with Crippen molar-refractivity contribution in [1.29, 1.82) is 0 Å². The molecule has 0 heterocycles. The summed E-state index contributed by atoms with van der Waals surface area (Å²) >= 11 is 0. The van der Waals surface area contributed by atoms with Gasteiger partial charge in [0, 0.05) is 0 Å². The van der Waals surface area contributed by atoms with Crippen LogP contribution in [0.4, 0.5) is 0 Å². The van der Waals surface area contributed by atoms with Crippen molar-refractivity contribution in [2.45, 2.75) is 79.1 Å². The molecule has 4 rings (SSSR count). The topological polar surface area (TPSA) is 0 Å². The molecule has 0 heteroatoms. The predicted molar refractivity (Wildman–Crippen MR) is 83.0 cm³/mol. The molecular weight excluding hydrogens is 228 g/mol. The first-order valence-corrected chi connectivity index (χ1v) is 9.02. The Morgan fingerprint density at radius 1 is 0.895 bits per heavy atom. The average molecular weight is 262 g/mol. The lowest BCUT2D eigenvalue weighted by atomic mass is 9.70. The van der Waals surface area contributed by atoms with Crippen LogP contribution in [0.1, 0.15) is 79.1 Å². The Kier molecular flexibility index (Phi) is 3.73. The number of fused-ring (bicyclic) bond motifs is 4. The summed E-state index contributed by atoms with van der Waals surface area (Å²) in [4.78, 5) is 0. The second-order valence-electron chi connectivity index (χ2n) is 8.72. The molecule has 0 aromatic heterocycles. The Labute approximate surface area is 120 Å². The van der Waals surface area contributed by atoms with Crippen molar-refractivity contribution >= 4 is 0 Å². The van der Waals surface area contributed by atoms with Crippen molar-refractivity contribution in [2.75, 3.05) is 0 Å². The van der Waals surface area contributed by atoms with Crippen LogP contribution in [-0.2, 0) is 0 Å². The summed E-state index contributed by atoms with van der Waals surface area (Å²) in [5, 5.41) is 0. The van der Waals surface area contributed by atoms with Crippen molar-refractivity contribution in [3.63, 3.8) is 0 Å². The van der Waals surface area contributed by atoms with Gasteiger partial charge >= 0.3 is 0 Å². The average Bonchev–Trinajstić information content (AvgIpc) is 3.14. The van der Waals surface area contributed by atoms with Crippen molar-refractivity contribution in [2.24, 2.45) is 40.9 Å². The van der Waals surface area contributed by atoms with Crippen LogP contribution in [0, 0.1) is 40.9 Å². The molecule has 0 aromatic carbocycles. The van der Waals surface area contributed by atoms with Gasteiger partial charge in [0.15, 0.2) is 0 Å². The minimum atomic E-state index is 0.670. The summed E-state index contributed by atoms with van der Waals surface area (Å²) in [5.41, 5.74) is 0.670. The highest BCUT2D eigenvalue weighted by atomic mass is 14.5. The van der Waals surface area contributed by atoms with Crippen LogP contribution in [0.5, 0.6) is 0 Å². The normalized spacial score (nSPS) is 49.3. The molecule has 0 N–H and O–H groups in total. The summed E-state index contributed by atoms with van der Waals surface area (Å²) in [7, 11) is 0. The van der Waals surface area contributed by atoms with Crippen LogP contribution in [-0.4, -0.2) is 0 Å². The van der Waals surface area contributed by atoms with Gasteiger partial charge in [-0.15, -0.1) is 0 Å². The molecule has 4 bridgehead atoms. The van der Waals surface area contributed by atoms with Crippen molar-refractivity contribution in [3.8, 4) is 0 Å². The maximum absolute atomic E-state index is 2.46. The Morgan fingerprint density at radius 2 is 1.63 bits per heavy atom. The molecule has 19 heavy (non-hydrogen) atoms. The lowest BCUT2D eigenvalue weighted by molar-refractivity contribution is 0.137. The Morgan fingerprint density at radius 3 is 1.95 bits per heavy atom. The van der Waals surface area contributed by atoms with Crippen LogP contribution in [0.25, 0.3) is 0 Å². The van der Waals surface area contributed by atoms with Gasteiger partial charge in [0.25, 0.3) is 0 Å². The van der Waals surface area contributed by atoms with Crippen LogP contribution in [0.2, 0.25) is 0 Å². The highest BCUT2D eigenvalue weighted by Crippen LogP contribution is 2.58. The lowest BCUT2D eigenvalue weighted by Gasteiger charge is -2.35. The second-order valence-corrected chi connectivity index (χ2v) is 8.72. The van der Waals surface area contributed by atoms with Crippen molar-refractivity contribution < 1.29 is 0 Å². The number of hydrogen-bond donors (Lipinski definition) is 0. The van der Waals surface area contributed by atoms with Gasteiger partial charge in [-0.2, -0.15) is 0 Å². The zero-order valence-corrected chi connectivity index (χ0v) is 13.6. The van der Waals surface area contributed by atoms with E-state index >= 15 is 0 Å². The van der Waals surface area contributed by atoms with Gasteiger partial charge in [-0.3, -0.25) is 0 Å². The minimum absolute atomic E-state index is 0.670. The Balaban J connectivity index is 0.000000117. The minimum Gasteiger partial charge on any atom is -0.0651 e. The SMILES string of the molecule is CCC1CC2CCC1C2.C[C@@H]1C2CCC(C2)C1(C)C. The van der Waals surface area contributed by atoms with Crippen LogP contribution >= 0.6 is 0 Å². The molecule has 110 valence electrons. The van der Waals surface area contributed by atoms with Crippen molar-refractivity contribution in [3.05, 3.63) is 0 Å². The van der Waals surface area contributed by atoms with Gasteiger partial charge in [-0.05, 0) is 79.4 Å². The lowest BCUT2D eigenvalue weighted by Crippen LogP contribution is -2.28. The third kappa shape index (κ3) is 2.38. The maximum Gasteiger partial charge on any atom is -0.0297 e. The van der Waals surface area contributed by atoms with Gasteiger partial charge in [0.05, 0.1) is 0 Å². The fourth-order valence-electron chi connectivity index (χ4n) is 6.00. The second kappa shape index (κ2) is 5.08. The van der Waals surface area contributed by atoms with E-state index in [1.165, 1.54) is 25.7 Å². The van der Waals surface area contributed by atoms with Gasteiger partial charge in [0.2, 0.25) is 0 Å². The molecule has 0 amide bonds. The predicted octanol–water partition coefficient (Wildman–Crippen LogP) is 5.91. The van der Waals surface area contributed by atoms with Gasteiger partial charge < -0.3 is 0 Å². The first-order valence-electron chi connectivity index (χ1n) is 9.02. The van der Waals surface area contributed by atoms with E-state index in [1.807, 2.05) is 0 Å². The van der Waals surface area contributed by atoms with Gasteiger partial charge in [0.1, 0.15) is 0 Å². The van der Waals surface area contributed by atoms with E-state index in [4.69, 9.17) is 0 Å². The number of rotatable bonds is 1. The van der Waals surface area contributed by atoms with Gasteiger partial charge in [-0.1, -0.05) is 40.5 Å². The fraction of sp³-hybridized carbons (Fsp3) is 1.00. The maximum atomic E-state index is 2.46. The molecular formula is C19H34. The Hall–Kier alpha value is 0. The Bertz CT molecular complexity index is 312. The van der Waals surface area contributed by atoms with E-state index in [2.05, 4.69) is 27.7 Å². The summed E-state index contributed by atoms with van der Waals surface area (Å²) in [5.74, 6) is 6.57. The molecule has 4 fully saturated rings. The van der Waals surface area contributed by atoms with Crippen LogP contribution in [0.15, 0.2) is 0 Å². The summed E-state index contributed by atoms with van der Waals surface area (Å²) in [6, 6.07) is 0. The molecule has 4 saturated carbocycles. The first-order chi connectivity index (χ1) is 9.02. The smallest absolute Gasteiger partial charge is 0.0297 e. The molecule has 4 aliphatic rings. The number of hydrogen-bond acceptors (Lipinski definition) is 0. The monoisotopic (exact) mass is 262 g/mol. The molecule has 0 spiro atoms. The van der Waals surface area contributed by atoms with E-state index in [1.54, 1.807) is 25.7 Å². The molecule has 4 aliphatic carbocycles. The van der Waals surface area contributed by atoms with E-state index in [0.29, 0.717) is 5.41 Å².